The van der Waals surface area contributed by atoms with Crippen molar-refractivity contribution in [2.75, 3.05) is 14.1 Å². The van der Waals surface area contributed by atoms with Crippen LogP contribution in [0.25, 0.3) is 27.5 Å². The van der Waals surface area contributed by atoms with E-state index in [9.17, 15) is 9.59 Å². The number of aryl methyl sites for hydroxylation is 1. The fraction of sp³-hybridized carbons (Fsp3) is 0.200. The Hall–Kier alpha value is -3.19. The van der Waals surface area contributed by atoms with Crippen LogP contribution in [0, 0.1) is 0 Å². The van der Waals surface area contributed by atoms with Crippen molar-refractivity contribution in [2.45, 2.75) is 6.42 Å². The lowest BCUT2D eigenvalue weighted by Gasteiger charge is -2.12. The highest BCUT2D eigenvalue weighted by atomic mass is 35.5. The highest BCUT2D eigenvalue weighted by molar-refractivity contribution is 6.31. The van der Waals surface area contributed by atoms with Crippen LogP contribution in [0.2, 0.25) is 5.02 Å². The minimum absolute atomic E-state index is 0.0800. The summed E-state index contributed by atoms with van der Waals surface area (Å²) in [6.45, 7) is 0. The van der Waals surface area contributed by atoms with Crippen LogP contribution in [0.15, 0.2) is 47.5 Å². The van der Waals surface area contributed by atoms with Gasteiger partial charge in [0.25, 0.3) is 5.56 Å². The van der Waals surface area contributed by atoms with Crippen LogP contribution in [0.4, 0.5) is 0 Å². The Morgan fingerprint density at radius 1 is 1.18 bits per heavy atom. The molecular weight excluding hydrogens is 378 g/mol. The second kappa shape index (κ2) is 6.76. The third-order valence-corrected chi connectivity index (χ3v) is 5.03. The topological polar surface area (TPSA) is 73.0 Å². The van der Waals surface area contributed by atoms with Gasteiger partial charge in [0.15, 0.2) is 0 Å². The van der Waals surface area contributed by atoms with Crippen LogP contribution < -0.4 is 5.56 Å². The highest BCUT2D eigenvalue weighted by Crippen LogP contribution is 2.30. The van der Waals surface area contributed by atoms with Gasteiger partial charge in [-0.1, -0.05) is 17.7 Å². The first-order valence-corrected chi connectivity index (χ1v) is 9.06. The lowest BCUT2D eigenvalue weighted by molar-refractivity contribution is -0.128. The van der Waals surface area contributed by atoms with Crippen LogP contribution in [0.3, 0.4) is 0 Å². The average Bonchev–Trinajstić information content (AvgIpc) is 2.97. The predicted molar refractivity (Wildman–Crippen MR) is 109 cm³/mol. The Balaban J connectivity index is 2.13. The Morgan fingerprint density at radius 2 is 1.89 bits per heavy atom. The van der Waals surface area contributed by atoms with E-state index in [1.165, 1.54) is 9.58 Å². The Bertz CT molecular complexity index is 1270. The van der Waals surface area contributed by atoms with Gasteiger partial charge in [-0.3, -0.25) is 14.6 Å². The summed E-state index contributed by atoms with van der Waals surface area (Å²) < 4.78 is 3.13. The molecule has 0 saturated heterocycles. The van der Waals surface area contributed by atoms with Crippen molar-refractivity contribution in [3.05, 3.63) is 63.8 Å². The van der Waals surface area contributed by atoms with Crippen LogP contribution >= 0.6 is 11.6 Å². The predicted octanol–water partition coefficient (Wildman–Crippen LogP) is 2.56. The normalized spacial score (nSPS) is 11.3. The molecule has 0 fully saturated rings. The first-order valence-electron chi connectivity index (χ1n) is 8.69. The molecule has 0 radical (unpaired) electrons. The van der Waals surface area contributed by atoms with Gasteiger partial charge >= 0.3 is 0 Å². The Kier molecular flexibility index (Phi) is 4.39. The van der Waals surface area contributed by atoms with E-state index < -0.39 is 0 Å². The van der Waals surface area contributed by atoms with E-state index in [0.29, 0.717) is 27.3 Å². The summed E-state index contributed by atoms with van der Waals surface area (Å²) in [6.07, 6.45) is 3.27. The smallest absolute Gasteiger partial charge is 0.296 e. The summed E-state index contributed by atoms with van der Waals surface area (Å²) in [5, 5.41) is 6.66. The van der Waals surface area contributed by atoms with Crippen molar-refractivity contribution >= 4 is 39.3 Å². The monoisotopic (exact) mass is 395 g/mol. The zero-order valence-electron chi connectivity index (χ0n) is 15.7. The fourth-order valence-corrected chi connectivity index (χ4v) is 3.52. The number of carbonyl (C=O) groups is 1. The van der Waals surface area contributed by atoms with Crippen LogP contribution in [-0.4, -0.2) is 44.2 Å². The molecule has 1 amide bonds. The molecule has 0 aliphatic carbocycles. The molecule has 142 valence electrons. The van der Waals surface area contributed by atoms with Crippen molar-refractivity contribution in [3.63, 3.8) is 0 Å². The van der Waals surface area contributed by atoms with Gasteiger partial charge in [0.2, 0.25) is 5.91 Å². The van der Waals surface area contributed by atoms with Crippen molar-refractivity contribution in [2.24, 2.45) is 7.05 Å². The summed E-state index contributed by atoms with van der Waals surface area (Å²) >= 11 is 6.17. The first-order chi connectivity index (χ1) is 13.4. The van der Waals surface area contributed by atoms with Gasteiger partial charge < -0.3 is 9.47 Å². The molecule has 0 unspecified atom stereocenters. The first kappa shape index (κ1) is 18.2. The molecule has 0 bridgehead atoms. The van der Waals surface area contributed by atoms with E-state index >= 15 is 0 Å². The second-order valence-electron chi connectivity index (χ2n) is 6.78. The molecule has 7 nitrogen and oxygen atoms in total. The molecule has 4 rings (SSSR count). The van der Waals surface area contributed by atoms with E-state index in [4.69, 9.17) is 11.6 Å². The summed E-state index contributed by atoms with van der Waals surface area (Å²) in [6, 6.07) is 8.86. The molecule has 8 heteroatoms. The number of rotatable bonds is 3. The molecule has 1 aromatic carbocycles. The van der Waals surface area contributed by atoms with Crippen molar-refractivity contribution in [1.82, 2.24) is 24.2 Å². The van der Waals surface area contributed by atoms with Crippen LogP contribution in [-0.2, 0) is 18.3 Å². The van der Waals surface area contributed by atoms with Gasteiger partial charge in [0.05, 0.1) is 23.3 Å². The molecule has 3 heterocycles. The van der Waals surface area contributed by atoms with E-state index in [0.717, 1.165) is 10.9 Å². The number of fused-ring (bicyclic) bond motifs is 3. The molecule has 0 saturated carbocycles. The molecule has 4 aromatic rings. The van der Waals surface area contributed by atoms with Gasteiger partial charge in [-0.15, -0.1) is 0 Å². The van der Waals surface area contributed by atoms with Crippen molar-refractivity contribution in [3.8, 4) is 5.69 Å². The van der Waals surface area contributed by atoms with E-state index in [2.05, 4.69) is 10.1 Å². The zero-order valence-corrected chi connectivity index (χ0v) is 16.4. The molecular formula is C20H18ClN5O2. The van der Waals surface area contributed by atoms with Crippen molar-refractivity contribution < 1.29 is 4.79 Å². The van der Waals surface area contributed by atoms with Gasteiger partial charge in [-0.2, -0.15) is 9.78 Å². The third-order valence-electron chi connectivity index (χ3n) is 4.79. The van der Waals surface area contributed by atoms with Gasteiger partial charge in [0, 0.05) is 49.3 Å². The minimum atomic E-state index is -0.267. The molecule has 0 aliphatic heterocycles. The van der Waals surface area contributed by atoms with E-state index in [-0.39, 0.29) is 17.9 Å². The zero-order chi connectivity index (χ0) is 20.0. The fourth-order valence-electron chi connectivity index (χ4n) is 3.35. The number of aromatic nitrogens is 4. The van der Waals surface area contributed by atoms with E-state index in [1.54, 1.807) is 44.7 Å². The third kappa shape index (κ3) is 2.84. The minimum Gasteiger partial charge on any atom is -0.348 e. The number of benzene rings is 1. The summed E-state index contributed by atoms with van der Waals surface area (Å²) in [7, 11) is 5.21. The highest BCUT2D eigenvalue weighted by Gasteiger charge is 2.21. The van der Waals surface area contributed by atoms with Gasteiger partial charge in [0.1, 0.15) is 5.52 Å². The Morgan fingerprint density at radius 3 is 2.57 bits per heavy atom. The number of nitrogens with zero attached hydrogens (tertiary/aromatic N) is 5. The number of carbonyl (C=O) groups excluding carboxylic acids is 1. The number of amides is 1. The van der Waals surface area contributed by atoms with Gasteiger partial charge in [-0.05, 0) is 24.3 Å². The maximum atomic E-state index is 13.3. The number of halogens is 1. The maximum Gasteiger partial charge on any atom is 0.296 e. The second-order valence-corrected chi connectivity index (χ2v) is 7.21. The number of pyridine rings is 1. The summed E-state index contributed by atoms with van der Waals surface area (Å²) in [5.74, 6) is -0.0975. The quantitative estimate of drug-likeness (QED) is 0.534. The van der Waals surface area contributed by atoms with Crippen LogP contribution in [0.1, 0.15) is 5.69 Å². The van der Waals surface area contributed by atoms with Crippen LogP contribution in [0.5, 0.6) is 0 Å². The Labute approximate surface area is 165 Å². The average molecular weight is 396 g/mol. The molecule has 28 heavy (non-hydrogen) atoms. The summed E-state index contributed by atoms with van der Waals surface area (Å²) in [5.41, 5.74) is 2.15. The molecule has 0 spiro atoms. The molecule has 3 aromatic heterocycles. The largest absolute Gasteiger partial charge is 0.348 e. The molecule has 0 N–H and O–H groups in total. The number of likely N-dealkylation sites (N-methyl/N-ethyl adjacent to an activating group) is 1. The lowest BCUT2D eigenvalue weighted by atomic mass is 10.1. The maximum absolute atomic E-state index is 13.3. The van der Waals surface area contributed by atoms with E-state index in [1.807, 2.05) is 23.7 Å². The lowest BCUT2D eigenvalue weighted by Crippen LogP contribution is -2.28. The molecule has 0 atom stereocenters. The SMILES string of the molecule is CN(C)C(=O)Cc1nn(-c2ccncc2)c(=O)c2c1c1ccc(Cl)cc1n2C. The molecule has 0 aliphatic rings. The number of hydrogen-bond acceptors (Lipinski definition) is 4. The number of hydrogen-bond donors (Lipinski definition) is 0. The standard InChI is InChI=1S/C20H18ClN5O2/c1-24(2)17(27)11-15-18-14-5-4-12(21)10-16(14)25(3)19(18)20(28)26(23-15)13-6-8-22-9-7-13/h4-10H,11H2,1-3H3. The van der Waals surface area contributed by atoms with Crippen molar-refractivity contribution in [1.29, 1.82) is 0 Å². The summed E-state index contributed by atoms with van der Waals surface area (Å²) in [4.78, 5) is 31.3. The van der Waals surface area contributed by atoms with Gasteiger partial charge in [-0.25, -0.2) is 0 Å².